The van der Waals surface area contributed by atoms with Gasteiger partial charge in [0, 0.05) is 34.7 Å². The summed E-state index contributed by atoms with van der Waals surface area (Å²) in [6.07, 6.45) is 0. The van der Waals surface area contributed by atoms with Gasteiger partial charge in [0.1, 0.15) is 0 Å². The van der Waals surface area contributed by atoms with Crippen molar-refractivity contribution in [1.29, 1.82) is 0 Å². The normalized spacial score (nSPS) is 12.0. The zero-order valence-corrected chi connectivity index (χ0v) is 15.2. The van der Waals surface area contributed by atoms with Crippen molar-refractivity contribution in [3.05, 3.63) is 0 Å². The summed E-state index contributed by atoms with van der Waals surface area (Å²) in [5.74, 6) is 0. The number of hydrogen-bond donors (Lipinski definition) is 0. The first kappa shape index (κ1) is 21.3. The summed E-state index contributed by atoms with van der Waals surface area (Å²) in [5.41, 5.74) is 0. The molecule has 3 heteroatoms. The molecule has 15 heavy (non-hydrogen) atoms. The second-order valence-electron chi connectivity index (χ2n) is 6.50. The molecule has 0 aliphatic carbocycles. The Labute approximate surface area is 112 Å². The molecule has 0 aliphatic rings. The molecule has 0 rings (SSSR count). The molecule has 0 aromatic rings. The monoisotopic (exact) mass is 293 g/mol. The van der Waals surface area contributed by atoms with Gasteiger partial charge in [0.15, 0.2) is 0 Å². The summed E-state index contributed by atoms with van der Waals surface area (Å²) in [6.45, 7) is 23.2. The molecular formula is C12H30CuSi2. The first-order valence-corrected chi connectivity index (χ1v) is 10.5. The van der Waals surface area contributed by atoms with Gasteiger partial charge in [-0.25, -0.2) is 0 Å². The summed E-state index contributed by atoms with van der Waals surface area (Å²) < 4.78 is 0. The minimum absolute atomic E-state index is 0. The van der Waals surface area contributed by atoms with E-state index in [-0.39, 0.29) is 34.7 Å². The molecule has 3 radical (unpaired) electrons. The molecule has 0 atom stereocenters. The van der Waals surface area contributed by atoms with Gasteiger partial charge in [0.05, 0.1) is 0 Å². The molecule has 0 saturated heterocycles. The smallest absolute Gasteiger partial charge is 0.0470 e. The van der Waals surface area contributed by atoms with Crippen molar-refractivity contribution in [3.8, 4) is 0 Å². The molecule has 0 aromatic carbocycles. The van der Waals surface area contributed by atoms with Gasteiger partial charge in [-0.2, -0.15) is 0 Å². The number of rotatable bonds is 0. The van der Waals surface area contributed by atoms with Crippen molar-refractivity contribution in [2.24, 2.45) is 0 Å². The van der Waals surface area contributed by atoms with Crippen LogP contribution in [0.2, 0.25) is 36.3 Å². The Morgan fingerprint density at radius 2 is 0.600 bits per heavy atom. The van der Waals surface area contributed by atoms with Crippen LogP contribution in [-0.4, -0.2) is 17.6 Å². The molecule has 0 aliphatic heterocycles. The van der Waals surface area contributed by atoms with Crippen LogP contribution in [0.15, 0.2) is 0 Å². The average molecular weight is 294 g/mol. The molecule has 0 nitrogen and oxygen atoms in total. The fraction of sp³-hybridized carbons (Fsp3) is 1.00. The molecule has 0 saturated carbocycles. The standard InChI is InChI=1S/2C6H15Si.Cu/c2*1-6(2,3)7(4)5;/h2*1-5H3;. The van der Waals surface area contributed by atoms with Crippen molar-refractivity contribution in [1.82, 2.24) is 0 Å². The molecule has 0 amide bonds. The Morgan fingerprint density at radius 1 is 0.533 bits per heavy atom. The van der Waals surface area contributed by atoms with Crippen LogP contribution in [0.25, 0.3) is 0 Å². The van der Waals surface area contributed by atoms with Crippen molar-refractivity contribution >= 4 is 17.6 Å². The third-order valence-electron chi connectivity index (χ3n) is 3.00. The van der Waals surface area contributed by atoms with E-state index in [1.807, 2.05) is 0 Å². The van der Waals surface area contributed by atoms with Crippen LogP contribution in [0.4, 0.5) is 0 Å². The first-order valence-electron chi connectivity index (χ1n) is 5.50. The van der Waals surface area contributed by atoms with E-state index in [9.17, 15) is 0 Å². The third kappa shape index (κ3) is 15.0. The van der Waals surface area contributed by atoms with Gasteiger partial charge in [-0.05, 0) is 10.1 Å². The fourth-order valence-electron chi connectivity index (χ4n) is 0. The van der Waals surface area contributed by atoms with Crippen molar-refractivity contribution in [2.75, 3.05) is 0 Å². The van der Waals surface area contributed by atoms with Gasteiger partial charge in [-0.1, -0.05) is 67.7 Å². The van der Waals surface area contributed by atoms with Crippen molar-refractivity contribution < 1.29 is 17.1 Å². The van der Waals surface area contributed by atoms with Gasteiger partial charge < -0.3 is 0 Å². The van der Waals surface area contributed by atoms with E-state index in [0.29, 0.717) is 10.1 Å². The van der Waals surface area contributed by atoms with Gasteiger partial charge >= 0.3 is 0 Å². The maximum absolute atomic E-state index is 2.35. The predicted molar refractivity (Wildman–Crippen MR) is 74.4 cm³/mol. The van der Waals surface area contributed by atoms with Gasteiger partial charge in [0.2, 0.25) is 0 Å². The van der Waals surface area contributed by atoms with Crippen LogP contribution in [-0.2, 0) is 17.1 Å². The molecule has 0 spiro atoms. The molecule has 97 valence electrons. The topological polar surface area (TPSA) is 0 Å². The molecule has 0 unspecified atom stereocenters. The zero-order valence-electron chi connectivity index (χ0n) is 12.3. The van der Waals surface area contributed by atoms with Crippen LogP contribution in [0, 0.1) is 0 Å². The third-order valence-corrected chi connectivity index (χ3v) is 9.00. The summed E-state index contributed by atoms with van der Waals surface area (Å²) in [5, 5.41) is 1.20. The second kappa shape index (κ2) is 8.10. The van der Waals surface area contributed by atoms with Crippen LogP contribution in [0.3, 0.4) is 0 Å². The maximum atomic E-state index is 2.35. The van der Waals surface area contributed by atoms with Crippen LogP contribution in [0.1, 0.15) is 41.5 Å². The van der Waals surface area contributed by atoms with Crippen LogP contribution >= 0.6 is 0 Å². The van der Waals surface area contributed by atoms with E-state index in [4.69, 9.17) is 0 Å². The Bertz CT molecular complexity index is 123. The molecule has 0 bridgehead atoms. The Kier molecular flexibility index (Phi) is 11.5. The summed E-state index contributed by atoms with van der Waals surface area (Å²) >= 11 is 0. The zero-order chi connectivity index (χ0) is 12.2. The maximum Gasteiger partial charge on any atom is 0.0470 e. The van der Waals surface area contributed by atoms with E-state index in [1.165, 1.54) is 0 Å². The fourth-order valence-corrected chi connectivity index (χ4v) is 0. The van der Waals surface area contributed by atoms with Crippen LogP contribution in [0.5, 0.6) is 0 Å². The van der Waals surface area contributed by atoms with Crippen LogP contribution < -0.4 is 0 Å². The SMILES string of the molecule is C[Si](C)C(C)(C)C.C[Si](C)C(C)(C)C.[Cu]. The Balaban J connectivity index is -0.000000180. The summed E-state index contributed by atoms with van der Waals surface area (Å²) in [4.78, 5) is 0. The first-order chi connectivity index (χ1) is 5.89. The summed E-state index contributed by atoms with van der Waals surface area (Å²) in [7, 11) is -0.100. The van der Waals surface area contributed by atoms with Crippen molar-refractivity contribution in [3.63, 3.8) is 0 Å². The Hall–Kier alpha value is 0.953. The average Bonchev–Trinajstić information content (AvgIpc) is 1.83. The quantitative estimate of drug-likeness (QED) is 0.546. The van der Waals surface area contributed by atoms with Gasteiger partial charge in [0.25, 0.3) is 0 Å². The van der Waals surface area contributed by atoms with E-state index in [2.05, 4.69) is 67.7 Å². The van der Waals surface area contributed by atoms with E-state index >= 15 is 0 Å². The van der Waals surface area contributed by atoms with E-state index < -0.39 is 0 Å². The molecule has 0 heterocycles. The van der Waals surface area contributed by atoms with E-state index in [0.717, 1.165) is 0 Å². The van der Waals surface area contributed by atoms with Crippen molar-refractivity contribution in [2.45, 2.75) is 77.8 Å². The predicted octanol–water partition coefficient (Wildman–Crippen LogP) is 5.08. The summed E-state index contributed by atoms with van der Waals surface area (Å²) in [6, 6.07) is 0. The molecular weight excluding hydrogens is 264 g/mol. The molecule has 0 aromatic heterocycles. The minimum Gasteiger partial charge on any atom is -0.0709 e. The second-order valence-corrected chi connectivity index (χ2v) is 13.5. The largest absolute Gasteiger partial charge is 0.0709 e. The Morgan fingerprint density at radius 3 is 0.600 bits per heavy atom. The van der Waals surface area contributed by atoms with Gasteiger partial charge in [-0.15, -0.1) is 0 Å². The minimum atomic E-state index is -0.0502. The van der Waals surface area contributed by atoms with E-state index in [1.54, 1.807) is 0 Å². The molecule has 0 N–H and O–H groups in total. The molecule has 0 fully saturated rings. The number of hydrogen-bond acceptors (Lipinski definition) is 0. The van der Waals surface area contributed by atoms with Gasteiger partial charge in [-0.3, -0.25) is 0 Å².